The molecule has 0 fully saturated rings. The van der Waals surface area contributed by atoms with E-state index in [1.807, 2.05) is 18.2 Å². The van der Waals surface area contributed by atoms with E-state index in [9.17, 15) is 0 Å². The Balaban J connectivity index is 0.000000127. The van der Waals surface area contributed by atoms with Gasteiger partial charge in [-0.1, -0.05) is 60.8 Å². The molecular weight excluding hydrogens is 144 g/mol. The van der Waals surface area contributed by atoms with E-state index in [-0.39, 0.29) is 0 Å². The molecule has 2 aliphatic rings. The standard InChI is InChI=1S/C7H8.C5H6/c1-7-5-3-2-4-6-7;1-2-4-5-3-1/h2-5H,1,6H2;1-4H,5H2. The third-order valence-corrected chi connectivity index (χ3v) is 1.61. The summed E-state index contributed by atoms with van der Waals surface area (Å²) in [5.74, 6) is 0. The molecule has 0 nitrogen and oxygen atoms in total. The Bertz CT molecular complexity index is 239. The van der Waals surface area contributed by atoms with Crippen LogP contribution in [-0.2, 0) is 0 Å². The van der Waals surface area contributed by atoms with Gasteiger partial charge in [0.1, 0.15) is 0 Å². The van der Waals surface area contributed by atoms with Gasteiger partial charge < -0.3 is 0 Å². The van der Waals surface area contributed by atoms with E-state index in [0.717, 1.165) is 12.8 Å². The summed E-state index contributed by atoms with van der Waals surface area (Å²) in [7, 11) is 0. The van der Waals surface area contributed by atoms with Crippen LogP contribution < -0.4 is 0 Å². The average Bonchev–Trinajstić information content (AvgIpc) is 2.62. The molecule has 0 radical (unpaired) electrons. The zero-order valence-corrected chi connectivity index (χ0v) is 7.24. The Hall–Kier alpha value is -1.30. The maximum Gasteiger partial charge on any atom is -0.0100 e. The molecule has 0 heteroatoms. The highest BCUT2D eigenvalue weighted by atomic mass is 13.9. The predicted octanol–water partition coefficient (Wildman–Crippen LogP) is 3.56. The highest BCUT2D eigenvalue weighted by molar-refractivity contribution is 5.26. The van der Waals surface area contributed by atoms with Crippen molar-refractivity contribution in [2.45, 2.75) is 12.8 Å². The van der Waals surface area contributed by atoms with Gasteiger partial charge in [0.25, 0.3) is 0 Å². The molecule has 0 aromatic rings. The molecular formula is C12H14. The van der Waals surface area contributed by atoms with Crippen LogP contribution >= 0.6 is 0 Å². The molecule has 12 heavy (non-hydrogen) atoms. The minimum absolute atomic E-state index is 1.02. The second kappa shape index (κ2) is 5.36. The fourth-order valence-electron chi connectivity index (χ4n) is 0.951. The Labute approximate surface area is 74.3 Å². The Morgan fingerprint density at radius 3 is 1.83 bits per heavy atom. The van der Waals surface area contributed by atoms with Gasteiger partial charge >= 0.3 is 0 Å². The highest BCUT2D eigenvalue weighted by Crippen LogP contribution is 2.05. The topological polar surface area (TPSA) is 0 Å². The van der Waals surface area contributed by atoms with Crippen LogP contribution in [0.1, 0.15) is 12.8 Å². The van der Waals surface area contributed by atoms with Crippen molar-refractivity contribution in [2.75, 3.05) is 0 Å². The number of hydrogen-bond acceptors (Lipinski definition) is 0. The zero-order chi connectivity index (χ0) is 8.65. The molecule has 0 aromatic heterocycles. The summed E-state index contributed by atoms with van der Waals surface area (Å²) in [6.07, 6.45) is 18.7. The SMILES string of the molecule is C1=CCC=C1.C=C1C=CC=CC1. The van der Waals surface area contributed by atoms with Crippen molar-refractivity contribution in [3.8, 4) is 0 Å². The molecule has 2 rings (SSSR count). The van der Waals surface area contributed by atoms with Crippen LogP contribution in [-0.4, -0.2) is 0 Å². The van der Waals surface area contributed by atoms with Gasteiger partial charge in [-0.05, 0) is 12.8 Å². The molecule has 62 valence electrons. The van der Waals surface area contributed by atoms with Crippen LogP contribution in [0.4, 0.5) is 0 Å². The fourth-order valence-corrected chi connectivity index (χ4v) is 0.951. The van der Waals surface area contributed by atoms with Crippen LogP contribution in [0.3, 0.4) is 0 Å². The lowest BCUT2D eigenvalue weighted by Crippen LogP contribution is -1.74. The van der Waals surface area contributed by atoms with E-state index in [1.165, 1.54) is 5.57 Å². The molecule has 0 unspecified atom stereocenters. The molecule has 2 aliphatic carbocycles. The summed E-state index contributed by atoms with van der Waals surface area (Å²) in [4.78, 5) is 0. The van der Waals surface area contributed by atoms with Crippen molar-refractivity contribution in [1.82, 2.24) is 0 Å². The summed E-state index contributed by atoms with van der Waals surface area (Å²) in [5, 5.41) is 0. The van der Waals surface area contributed by atoms with Gasteiger partial charge in [0.2, 0.25) is 0 Å². The summed E-state index contributed by atoms with van der Waals surface area (Å²) in [6, 6.07) is 0. The molecule has 0 heterocycles. The maximum atomic E-state index is 3.78. The van der Waals surface area contributed by atoms with Crippen LogP contribution in [0.2, 0.25) is 0 Å². The summed E-state index contributed by atoms with van der Waals surface area (Å²) in [5.41, 5.74) is 1.20. The Morgan fingerprint density at radius 1 is 0.917 bits per heavy atom. The molecule has 0 saturated carbocycles. The van der Waals surface area contributed by atoms with E-state index in [1.54, 1.807) is 0 Å². The lowest BCUT2D eigenvalue weighted by Gasteiger charge is -1.94. The summed E-state index contributed by atoms with van der Waals surface area (Å²) < 4.78 is 0. The third-order valence-electron chi connectivity index (χ3n) is 1.61. The smallest absolute Gasteiger partial charge is 0.0100 e. The molecule has 0 bridgehead atoms. The van der Waals surface area contributed by atoms with E-state index < -0.39 is 0 Å². The van der Waals surface area contributed by atoms with Gasteiger partial charge in [0.15, 0.2) is 0 Å². The van der Waals surface area contributed by atoms with Crippen molar-refractivity contribution in [3.63, 3.8) is 0 Å². The molecule has 0 aliphatic heterocycles. The molecule has 0 N–H and O–H groups in total. The van der Waals surface area contributed by atoms with Gasteiger partial charge in [-0.25, -0.2) is 0 Å². The van der Waals surface area contributed by atoms with Crippen LogP contribution in [0.25, 0.3) is 0 Å². The van der Waals surface area contributed by atoms with Crippen molar-refractivity contribution in [2.24, 2.45) is 0 Å². The molecule has 0 saturated heterocycles. The van der Waals surface area contributed by atoms with E-state index in [0.29, 0.717) is 0 Å². The normalized spacial score (nSPS) is 17.8. The van der Waals surface area contributed by atoms with Crippen LogP contribution in [0.15, 0.2) is 60.8 Å². The maximum absolute atomic E-state index is 3.78. The first-order valence-electron chi connectivity index (χ1n) is 4.22. The minimum atomic E-state index is 1.02. The fraction of sp³-hybridized carbons (Fsp3) is 0.167. The van der Waals surface area contributed by atoms with Gasteiger partial charge in [-0.2, -0.15) is 0 Å². The number of rotatable bonds is 0. The molecule has 0 amide bonds. The molecule has 0 spiro atoms. The second-order valence-electron chi connectivity index (χ2n) is 2.74. The first-order valence-corrected chi connectivity index (χ1v) is 4.22. The van der Waals surface area contributed by atoms with E-state index in [4.69, 9.17) is 0 Å². The summed E-state index contributed by atoms with van der Waals surface area (Å²) >= 11 is 0. The monoisotopic (exact) mass is 158 g/mol. The van der Waals surface area contributed by atoms with Crippen LogP contribution in [0, 0.1) is 0 Å². The zero-order valence-electron chi connectivity index (χ0n) is 7.24. The molecule has 0 aromatic carbocycles. The summed E-state index contributed by atoms with van der Waals surface area (Å²) in [6.45, 7) is 3.78. The van der Waals surface area contributed by atoms with Gasteiger partial charge in [-0.15, -0.1) is 0 Å². The average molecular weight is 158 g/mol. The van der Waals surface area contributed by atoms with E-state index >= 15 is 0 Å². The van der Waals surface area contributed by atoms with E-state index in [2.05, 4.69) is 37.0 Å². The largest absolute Gasteiger partial charge is 0.0955 e. The van der Waals surface area contributed by atoms with Crippen molar-refractivity contribution in [3.05, 3.63) is 60.8 Å². The van der Waals surface area contributed by atoms with Crippen molar-refractivity contribution in [1.29, 1.82) is 0 Å². The minimum Gasteiger partial charge on any atom is -0.0955 e. The second-order valence-corrected chi connectivity index (χ2v) is 2.74. The third kappa shape index (κ3) is 3.77. The molecule has 0 atom stereocenters. The van der Waals surface area contributed by atoms with Gasteiger partial charge in [0, 0.05) is 0 Å². The first kappa shape index (κ1) is 8.79. The first-order chi connectivity index (χ1) is 5.89. The lowest BCUT2D eigenvalue weighted by atomic mass is 10.1. The van der Waals surface area contributed by atoms with Crippen molar-refractivity contribution >= 4 is 0 Å². The lowest BCUT2D eigenvalue weighted by molar-refractivity contribution is 1.28. The van der Waals surface area contributed by atoms with Crippen LogP contribution in [0.5, 0.6) is 0 Å². The Morgan fingerprint density at radius 2 is 1.58 bits per heavy atom. The predicted molar refractivity (Wildman–Crippen MR) is 54.9 cm³/mol. The quantitative estimate of drug-likeness (QED) is 0.505. The van der Waals surface area contributed by atoms with Gasteiger partial charge in [0.05, 0.1) is 0 Å². The highest BCUT2D eigenvalue weighted by Gasteiger charge is 1.84. The Kier molecular flexibility index (Phi) is 3.93. The number of hydrogen-bond donors (Lipinski definition) is 0. The van der Waals surface area contributed by atoms with Crippen molar-refractivity contribution < 1.29 is 0 Å². The van der Waals surface area contributed by atoms with Gasteiger partial charge in [-0.3, -0.25) is 0 Å². The number of allylic oxidation sites excluding steroid dienone is 9.